The Morgan fingerprint density at radius 1 is 1.24 bits per heavy atom. The second kappa shape index (κ2) is 6.37. The van der Waals surface area contributed by atoms with Gasteiger partial charge in [-0.1, -0.05) is 12.1 Å². The molecule has 1 aliphatic heterocycles. The highest BCUT2D eigenvalue weighted by atomic mass is 16.5. The van der Waals surface area contributed by atoms with Crippen molar-refractivity contribution in [3.8, 4) is 0 Å². The molecule has 1 fully saturated rings. The molecule has 1 atom stereocenters. The molecule has 1 aliphatic rings. The van der Waals surface area contributed by atoms with Gasteiger partial charge in [0.15, 0.2) is 0 Å². The van der Waals surface area contributed by atoms with Crippen molar-refractivity contribution in [2.45, 2.75) is 13.0 Å². The third-order valence-corrected chi connectivity index (χ3v) is 4.17. The Morgan fingerprint density at radius 3 is 2.90 bits per heavy atom. The molecule has 1 aromatic heterocycles. The van der Waals surface area contributed by atoms with E-state index in [1.807, 2.05) is 18.2 Å². The second-order valence-corrected chi connectivity index (χ2v) is 5.54. The van der Waals surface area contributed by atoms with Crippen LogP contribution in [-0.2, 0) is 4.74 Å². The number of para-hydroxylation sites is 1. The Labute approximate surface area is 125 Å². The number of piperazine rings is 1. The zero-order valence-corrected chi connectivity index (χ0v) is 12.7. The molecule has 0 aliphatic carbocycles. The summed E-state index contributed by atoms with van der Waals surface area (Å²) in [5.74, 6) is 1.05. The number of benzene rings is 1. The maximum Gasteiger partial charge on any atom is 0.139 e. The number of hydrogen-bond donors (Lipinski definition) is 0. The van der Waals surface area contributed by atoms with E-state index in [9.17, 15) is 0 Å². The van der Waals surface area contributed by atoms with Crippen molar-refractivity contribution in [2.24, 2.45) is 0 Å². The van der Waals surface area contributed by atoms with Gasteiger partial charge in [-0.3, -0.25) is 4.90 Å². The minimum absolute atomic E-state index is 0.502. The molecule has 3 rings (SSSR count). The zero-order valence-electron chi connectivity index (χ0n) is 12.7. The molecule has 5 nitrogen and oxygen atoms in total. The van der Waals surface area contributed by atoms with Crippen LogP contribution in [0.2, 0.25) is 0 Å². The first-order valence-electron chi connectivity index (χ1n) is 7.47. The molecule has 2 aromatic rings. The SMILES string of the molecule is COCCN1CCN(c2ncnc3ccccc23)C[C@H]1C. The molecule has 112 valence electrons. The lowest BCUT2D eigenvalue weighted by molar-refractivity contribution is 0.117. The molecule has 21 heavy (non-hydrogen) atoms. The molecule has 0 unspecified atom stereocenters. The number of methoxy groups -OCH3 is 1. The summed E-state index contributed by atoms with van der Waals surface area (Å²) in [4.78, 5) is 13.7. The third kappa shape index (κ3) is 2.99. The molecule has 1 aromatic carbocycles. The average Bonchev–Trinajstić information content (AvgIpc) is 2.53. The van der Waals surface area contributed by atoms with Crippen molar-refractivity contribution in [1.29, 1.82) is 0 Å². The topological polar surface area (TPSA) is 41.5 Å². The highest BCUT2D eigenvalue weighted by molar-refractivity contribution is 5.89. The van der Waals surface area contributed by atoms with Gasteiger partial charge in [-0.2, -0.15) is 0 Å². The first kappa shape index (κ1) is 14.2. The summed E-state index contributed by atoms with van der Waals surface area (Å²) >= 11 is 0. The maximum atomic E-state index is 5.19. The second-order valence-electron chi connectivity index (χ2n) is 5.54. The van der Waals surface area contributed by atoms with Crippen LogP contribution in [0, 0.1) is 0 Å². The van der Waals surface area contributed by atoms with Gasteiger partial charge in [0.2, 0.25) is 0 Å². The van der Waals surface area contributed by atoms with Crippen molar-refractivity contribution < 1.29 is 4.74 Å². The number of fused-ring (bicyclic) bond motifs is 1. The van der Waals surface area contributed by atoms with Crippen LogP contribution in [0.5, 0.6) is 0 Å². The fourth-order valence-electron chi connectivity index (χ4n) is 2.97. The fraction of sp³-hybridized carbons (Fsp3) is 0.500. The van der Waals surface area contributed by atoms with Crippen molar-refractivity contribution in [3.63, 3.8) is 0 Å². The lowest BCUT2D eigenvalue weighted by atomic mass is 10.1. The molecule has 0 radical (unpaired) electrons. The van der Waals surface area contributed by atoms with E-state index in [0.29, 0.717) is 6.04 Å². The van der Waals surface area contributed by atoms with Crippen LogP contribution in [0.4, 0.5) is 5.82 Å². The highest BCUT2D eigenvalue weighted by Gasteiger charge is 2.25. The van der Waals surface area contributed by atoms with E-state index < -0.39 is 0 Å². The van der Waals surface area contributed by atoms with E-state index in [1.54, 1.807) is 13.4 Å². The summed E-state index contributed by atoms with van der Waals surface area (Å²) in [5, 5.41) is 1.14. The molecule has 5 heteroatoms. The fourth-order valence-corrected chi connectivity index (χ4v) is 2.97. The van der Waals surface area contributed by atoms with Crippen LogP contribution in [0.1, 0.15) is 6.92 Å². The van der Waals surface area contributed by atoms with E-state index in [2.05, 4.69) is 32.8 Å². The van der Waals surface area contributed by atoms with Gasteiger partial charge < -0.3 is 9.64 Å². The summed E-state index contributed by atoms with van der Waals surface area (Å²) in [6.07, 6.45) is 1.67. The molecule has 0 N–H and O–H groups in total. The number of anilines is 1. The summed E-state index contributed by atoms with van der Waals surface area (Å²) < 4.78 is 5.19. The molecular formula is C16H22N4O. The quantitative estimate of drug-likeness (QED) is 0.857. The van der Waals surface area contributed by atoms with Gasteiger partial charge >= 0.3 is 0 Å². The van der Waals surface area contributed by atoms with Gasteiger partial charge in [0.25, 0.3) is 0 Å². The van der Waals surface area contributed by atoms with E-state index in [1.165, 1.54) is 0 Å². The molecular weight excluding hydrogens is 264 g/mol. The Balaban J connectivity index is 1.79. The largest absolute Gasteiger partial charge is 0.383 e. The smallest absolute Gasteiger partial charge is 0.139 e. The van der Waals surface area contributed by atoms with Gasteiger partial charge in [0.05, 0.1) is 12.1 Å². The zero-order chi connectivity index (χ0) is 14.7. The number of rotatable bonds is 4. The standard InChI is InChI=1S/C16H22N4O/c1-13-11-20(8-7-19(13)9-10-21-2)16-14-5-3-4-6-15(14)17-12-18-16/h3-6,12-13H,7-11H2,1-2H3/t13-/m1/s1. The maximum absolute atomic E-state index is 5.19. The number of aromatic nitrogens is 2. The molecule has 2 heterocycles. The number of hydrogen-bond acceptors (Lipinski definition) is 5. The monoisotopic (exact) mass is 286 g/mol. The molecule has 0 saturated carbocycles. The van der Waals surface area contributed by atoms with Gasteiger partial charge in [-0.25, -0.2) is 9.97 Å². The predicted octanol–water partition coefficient (Wildman–Crippen LogP) is 1.79. The first-order chi connectivity index (χ1) is 10.3. The molecule has 0 spiro atoms. The van der Waals surface area contributed by atoms with Crippen LogP contribution in [0.15, 0.2) is 30.6 Å². The Morgan fingerprint density at radius 2 is 2.10 bits per heavy atom. The minimum atomic E-state index is 0.502. The van der Waals surface area contributed by atoms with E-state index in [-0.39, 0.29) is 0 Å². The van der Waals surface area contributed by atoms with Crippen LogP contribution >= 0.6 is 0 Å². The van der Waals surface area contributed by atoms with E-state index >= 15 is 0 Å². The van der Waals surface area contributed by atoms with Gasteiger partial charge in [-0.15, -0.1) is 0 Å². The minimum Gasteiger partial charge on any atom is -0.383 e. The highest BCUT2D eigenvalue weighted by Crippen LogP contribution is 2.24. The van der Waals surface area contributed by atoms with E-state index in [0.717, 1.165) is 49.5 Å². The Hall–Kier alpha value is -1.72. The van der Waals surface area contributed by atoms with Crippen LogP contribution < -0.4 is 4.90 Å². The van der Waals surface area contributed by atoms with Crippen LogP contribution in [-0.4, -0.2) is 60.8 Å². The van der Waals surface area contributed by atoms with Crippen molar-refractivity contribution >= 4 is 16.7 Å². The average molecular weight is 286 g/mol. The first-order valence-corrected chi connectivity index (χ1v) is 7.47. The normalized spacial score (nSPS) is 20.1. The third-order valence-electron chi connectivity index (χ3n) is 4.17. The van der Waals surface area contributed by atoms with Crippen LogP contribution in [0.3, 0.4) is 0 Å². The van der Waals surface area contributed by atoms with Crippen molar-refractivity contribution in [2.75, 3.05) is 44.8 Å². The summed E-state index contributed by atoms with van der Waals surface area (Å²) in [5.41, 5.74) is 1.01. The Kier molecular flexibility index (Phi) is 4.31. The lowest BCUT2D eigenvalue weighted by Crippen LogP contribution is -2.53. The summed E-state index contributed by atoms with van der Waals surface area (Å²) in [6.45, 7) is 7.09. The lowest BCUT2D eigenvalue weighted by Gasteiger charge is -2.40. The van der Waals surface area contributed by atoms with Gasteiger partial charge in [0, 0.05) is 44.7 Å². The molecule has 0 amide bonds. The number of nitrogens with zero attached hydrogens (tertiary/aromatic N) is 4. The Bertz CT molecular complexity index is 598. The summed E-state index contributed by atoms with van der Waals surface area (Å²) in [6, 6.07) is 8.71. The molecule has 0 bridgehead atoms. The van der Waals surface area contributed by atoms with E-state index in [4.69, 9.17) is 4.74 Å². The van der Waals surface area contributed by atoms with Crippen molar-refractivity contribution in [1.82, 2.24) is 14.9 Å². The van der Waals surface area contributed by atoms with Gasteiger partial charge in [0.1, 0.15) is 12.1 Å². The predicted molar refractivity (Wildman–Crippen MR) is 84.7 cm³/mol. The molecule has 1 saturated heterocycles. The van der Waals surface area contributed by atoms with Gasteiger partial charge in [-0.05, 0) is 19.1 Å². The summed E-state index contributed by atoms with van der Waals surface area (Å²) in [7, 11) is 1.76. The van der Waals surface area contributed by atoms with Crippen molar-refractivity contribution in [3.05, 3.63) is 30.6 Å². The number of ether oxygens (including phenoxy) is 1. The van der Waals surface area contributed by atoms with Crippen LogP contribution in [0.25, 0.3) is 10.9 Å².